The maximum absolute atomic E-state index is 11.3. The van der Waals surface area contributed by atoms with Crippen molar-refractivity contribution in [2.24, 2.45) is 0 Å². The first-order chi connectivity index (χ1) is 37.9. The SMILES string of the molecule is N#Cc1ccc(-n2c3ccc(-c4cc5c6c(c4)N(c4ccccc4)c4cc(C#N)ccc4B6c4ccc(C#N)cc4N5c4ccccc4)cc3c3ccc(O)cc32)c(-c2nc(-c3ccccc3)nc(-c3ccccc3)n2)c1. The summed E-state index contributed by atoms with van der Waals surface area (Å²) in [5, 5.41) is 44.2. The summed E-state index contributed by atoms with van der Waals surface area (Å²) in [5.74, 6) is 1.46. The fraction of sp³-hybridized carbons (Fsp3) is 0. The molecular weight excluding hydrogens is 946 g/mol. The number of rotatable bonds is 7. The maximum Gasteiger partial charge on any atom is 0.252 e. The molecule has 2 aliphatic heterocycles. The zero-order valence-electron chi connectivity index (χ0n) is 40.9. The van der Waals surface area contributed by atoms with Gasteiger partial charge in [-0.2, -0.15) is 15.8 Å². The van der Waals surface area contributed by atoms with Crippen LogP contribution in [0.3, 0.4) is 0 Å². The van der Waals surface area contributed by atoms with Crippen LogP contribution in [0.1, 0.15) is 16.7 Å². The van der Waals surface area contributed by atoms with Crippen molar-refractivity contribution in [2.45, 2.75) is 0 Å². The molecule has 10 aromatic carbocycles. The van der Waals surface area contributed by atoms with Gasteiger partial charge in [0.2, 0.25) is 0 Å². The summed E-state index contributed by atoms with van der Waals surface area (Å²) >= 11 is 0. The van der Waals surface area contributed by atoms with Crippen molar-refractivity contribution >= 4 is 79.0 Å². The molecule has 10 nitrogen and oxygen atoms in total. The highest BCUT2D eigenvalue weighted by Crippen LogP contribution is 2.47. The second-order valence-corrected chi connectivity index (χ2v) is 19.1. The van der Waals surface area contributed by atoms with Crippen LogP contribution in [0.5, 0.6) is 5.75 Å². The van der Waals surface area contributed by atoms with Crippen LogP contribution in [0.2, 0.25) is 0 Å². The van der Waals surface area contributed by atoms with Gasteiger partial charge >= 0.3 is 0 Å². The smallest absolute Gasteiger partial charge is 0.252 e. The molecule has 0 radical (unpaired) electrons. The number of phenols is 1. The maximum atomic E-state index is 11.3. The summed E-state index contributed by atoms with van der Waals surface area (Å²) in [7, 11) is 0. The molecule has 11 heteroatoms. The number of aromatic nitrogens is 4. The Labute approximate surface area is 443 Å². The highest BCUT2D eigenvalue weighted by molar-refractivity contribution is 7.00. The molecule has 2 aliphatic rings. The molecule has 0 saturated carbocycles. The van der Waals surface area contributed by atoms with Crippen LogP contribution >= 0.6 is 0 Å². The van der Waals surface area contributed by atoms with Gasteiger partial charge < -0.3 is 19.5 Å². The van der Waals surface area contributed by atoms with Crippen LogP contribution in [-0.4, -0.2) is 31.3 Å². The lowest BCUT2D eigenvalue weighted by Crippen LogP contribution is -2.61. The van der Waals surface area contributed by atoms with Gasteiger partial charge in [0, 0.05) is 67.7 Å². The zero-order chi connectivity index (χ0) is 51.7. The Hall–Kier alpha value is -11.1. The van der Waals surface area contributed by atoms with E-state index in [9.17, 15) is 20.9 Å². The van der Waals surface area contributed by atoms with Crippen molar-refractivity contribution in [3.05, 3.63) is 241 Å². The normalized spacial score (nSPS) is 12.1. The number of phenolic OH excluding ortho intramolecular Hbond substituents is 1. The minimum atomic E-state index is -0.230. The van der Waals surface area contributed by atoms with Gasteiger partial charge in [0.15, 0.2) is 17.5 Å². The molecule has 12 aromatic rings. The average molecular weight is 984 g/mol. The molecule has 0 saturated heterocycles. The number of nitriles is 3. The third kappa shape index (κ3) is 7.28. The quantitative estimate of drug-likeness (QED) is 0.154. The summed E-state index contributed by atoms with van der Waals surface area (Å²) in [6, 6.07) is 81.2. The zero-order valence-corrected chi connectivity index (χ0v) is 40.9. The van der Waals surface area contributed by atoms with Gasteiger partial charge in [0.05, 0.1) is 51.6 Å². The molecule has 1 N–H and O–H groups in total. The first-order valence-electron chi connectivity index (χ1n) is 25.1. The van der Waals surface area contributed by atoms with Crippen molar-refractivity contribution in [1.29, 1.82) is 15.8 Å². The molecule has 0 spiro atoms. The minimum Gasteiger partial charge on any atom is -0.508 e. The van der Waals surface area contributed by atoms with Gasteiger partial charge in [0.1, 0.15) is 5.75 Å². The van der Waals surface area contributed by atoms with Crippen LogP contribution in [0, 0.1) is 34.0 Å². The molecule has 77 heavy (non-hydrogen) atoms. The standard InChI is InChI=1S/C66H38BN9O/c68-38-41-23-29-57(53(31-41)66-72-64(44-13-5-1-6-14-44)71-65(73-66)45-15-7-2-8-16-45)76-56-30-24-46(34-52(56)51-26-25-50(77)37-58(51)76)47-35-61-63-62(36-47)75(49-19-11-4-12-20-49)60-33-43(40-70)22-28-55(60)67(63)54-27-21-42(39-69)32-59(54)74(61)48-17-9-3-10-18-48/h1-37,77H. The van der Waals surface area contributed by atoms with Gasteiger partial charge in [-0.3, -0.25) is 0 Å². The predicted molar refractivity (Wildman–Crippen MR) is 306 cm³/mol. The number of nitrogens with zero attached hydrogens (tertiary/aromatic N) is 9. The Balaban J connectivity index is 1.02. The Bertz CT molecular complexity index is 4340. The predicted octanol–water partition coefficient (Wildman–Crippen LogP) is 13.0. The molecule has 4 heterocycles. The lowest BCUT2D eigenvalue weighted by molar-refractivity contribution is 0.476. The second kappa shape index (κ2) is 17.9. The van der Waals surface area contributed by atoms with Crippen molar-refractivity contribution in [2.75, 3.05) is 9.80 Å². The third-order valence-corrected chi connectivity index (χ3v) is 14.7. The summed E-state index contributed by atoms with van der Waals surface area (Å²) < 4.78 is 2.11. The number of anilines is 6. The van der Waals surface area contributed by atoms with Gasteiger partial charge in [-0.25, -0.2) is 15.0 Å². The van der Waals surface area contributed by atoms with E-state index in [-0.39, 0.29) is 12.5 Å². The molecule has 2 aromatic heterocycles. The molecule has 14 rings (SSSR count). The van der Waals surface area contributed by atoms with Crippen LogP contribution in [0.15, 0.2) is 224 Å². The number of fused-ring (bicyclic) bond motifs is 7. The van der Waals surface area contributed by atoms with Crippen LogP contribution in [0.25, 0.3) is 72.8 Å². The Morgan fingerprint density at radius 1 is 0.377 bits per heavy atom. The van der Waals surface area contributed by atoms with E-state index in [1.165, 1.54) is 0 Å². The van der Waals surface area contributed by atoms with Crippen molar-refractivity contribution in [3.63, 3.8) is 0 Å². The molecule has 0 fully saturated rings. The van der Waals surface area contributed by atoms with Crippen molar-refractivity contribution < 1.29 is 5.11 Å². The fourth-order valence-electron chi connectivity index (χ4n) is 11.4. The summed E-state index contributed by atoms with van der Waals surface area (Å²) in [6.07, 6.45) is 0. The minimum absolute atomic E-state index is 0.0971. The molecule has 0 bridgehead atoms. The summed E-state index contributed by atoms with van der Waals surface area (Å²) in [6.45, 7) is -0.230. The van der Waals surface area contributed by atoms with Crippen molar-refractivity contribution in [3.8, 4) is 74.9 Å². The number of benzene rings is 10. The van der Waals surface area contributed by atoms with E-state index >= 15 is 0 Å². The first kappa shape index (κ1) is 44.6. The van der Waals surface area contributed by atoms with E-state index in [0.717, 1.165) is 94.6 Å². The Morgan fingerprint density at radius 2 is 0.883 bits per heavy atom. The summed E-state index contributed by atoms with van der Waals surface area (Å²) in [4.78, 5) is 19.7. The number of para-hydroxylation sites is 2. The van der Waals surface area contributed by atoms with Gasteiger partial charge in [-0.15, -0.1) is 0 Å². The van der Waals surface area contributed by atoms with E-state index in [1.807, 2.05) is 140 Å². The van der Waals surface area contributed by atoms with E-state index < -0.39 is 0 Å². The van der Waals surface area contributed by atoms with E-state index in [2.05, 4.69) is 99.3 Å². The molecule has 0 amide bonds. The van der Waals surface area contributed by atoms with Crippen molar-refractivity contribution in [1.82, 2.24) is 19.5 Å². The van der Waals surface area contributed by atoms with E-state index in [0.29, 0.717) is 45.4 Å². The van der Waals surface area contributed by atoms with E-state index in [4.69, 9.17) is 15.0 Å². The number of hydrogen-bond acceptors (Lipinski definition) is 9. The van der Waals surface area contributed by atoms with Crippen LogP contribution < -0.4 is 26.2 Å². The second-order valence-electron chi connectivity index (χ2n) is 19.1. The lowest BCUT2D eigenvalue weighted by atomic mass is 9.33. The highest BCUT2D eigenvalue weighted by atomic mass is 16.3. The molecule has 356 valence electrons. The molecule has 0 atom stereocenters. The first-order valence-corrected chi connectivity index (χ1v) is 25.1. The average Bonchev–Trinajstić information content (AvgIpc) is 4.00. The largest absolute Gasteiger partial charge is 0.508 e. The van der Waals surface area contributed by atoms with Gasteiger partial charge in [-0.1, -0.05) is 115 Å². The summed E-state index contributed by atoms with van der Waals surface area (Å²) in [5.41, 5.74) is 16.8. The molecule has 0 aliphatic carbocycles. The molecule has 0 unspecified atom stereocenters. The monoisotopic (exact) mass is 983 g/mol. The van der Waals surface area contributed by atoms with Crippen LogP contribution in [0.4, 0.5) is 34.1 Å². The Morgan fingerprint density at radius 3 is 1.43 bits per heavy atom. The van der Waals surface area contributed by atoms with Gasteiger partial charge in [-0.05, 0) is 131 Å². The molecular formula is C66H38BN9O. The number of aromatic hydroxyl groups is 1. The third-order valence-electron chi connectivity index (χ3n) is 14.7. The topological polar surface area (TPSA) is 142 Å². The van der Waals surface area contributed by atoms with Gasteiger partial charge in [0.25, 0.3) is 6.71 Å². The number of hydrogen-bond donors (Lipinski definition) is 1. The Kier molecular flexibility index (Phi) is 10.4. The highest BCUT2D eigenvalue weighted by Gasteiger charge is 2.44. The van der Waals surface area contributed by atoms with E-state index in [1.54, 1.807) is 18.2 Å². The lowest BCUT2D eigenvalue weighted by Gasteiger charge is -2.44. The fourth-order valence-corrected chi connectivity index (χ4v) is 11.4. The van der Waals surface area contributed by atoms with Crippen LogP contribution in [-0.2, 0) is 0 Å².